The summed E-state index contributed by atoms with van der Waals surface area (Å²) in [6.07, 6.45) is 6.52. The van der Waals surface area contributed by atoms with Crippen LogP contribution < -0.4 is 4.74 Å². The van der Waals surface area contributed by atoms with E-state index in [-0.39, 0.29) is 5.41 Å². The largest absolute Gasteiger partial charge is 0.492 e. The van der Waals surface area contributed by atoms with Gasteiger partial charge in [0.05, 0.1) is 0 Å². The molecule has 0 aromatic heterocycles. The Morgan fingerprint density at radius 3 is 2.74 bits per heavy atom. The van der Waals surface area contributed by atoms with Crippen LogP contribution in [0.15, 0.2) is 48.5 Å². The lowest BCUT2D eigenvalue weighted by molar-refractivity contribution is -0.129. The lowest BCUT2D eigenvalue weighted by atomic mass is 9.55. The highest BCUT2D eigenvalue weighted by Gasteiger charge is 2.54. The molecular formula is C28H35NO2. The monoisotopic (exact) mass is 417 g/mol. The number of ether oxygens (including phenoxy) is 1. The lowest BCUT2D eigenvalue weighted by Crippen LogP contribution is -2.42. The zero-order chi connectivity index (χ0) is 21.4. The van der Waals surface area contributed by atoms with Gasteiger partial charge in [0.2, 0.25) is 0 Å². The van der Waals surface area contributed by atoms with Crippen molar-refractivity contribution in [1.29, 1.82) is 0 Å². The summed E-state index contributed by atoms with van der Waals surface area (Å²) in [4.78, 5) is 14.8. The fourth-order valence-electron chi connectivity index (χ4n) is 6.71. The number of fused-ring (bicyclic) bond motifs is 5. The standard InChI is InChI=1S/C28H35NO2/c1-28-15-14-24-23-11-9-22(31-17-16-29(2)19-20-6-4-3-5-7-20)18-21(23)8-10-25(24)26(28)12-13-27(28)30/h3-7,9,11,18,24-26H,8,10,12-17,19H2,1-2H3/t24-,25-,26+,28+/m1/s1. The predicted molar refractivity (Wildman–Crippen MR) is 124 cm³/mol. The van der Waals surface area contributed by atoms with Gasteiger partial charge in [-0.3, -0.25) is 9.69 Å². The van der Waals surface area contributed by atoms with Crippen molar-refractivity contribution in [2.24, 2.45) is 17.3 Å². The number of ketones is 1. The first kappa shape index (κ1) is 20.8. The molecule has 0 saturated heterocycles. The molecule has 0 aliphatic heterocycles. The molecule has 3 aliphatic carbocycles. The Bertz CT molecular complexity index is 939. The van der Waals surface area contributed by atoms with Gasteiger partial charge in [-0.05, 0) is 85.7 Å². The second-order valence-corrected chi connectivity index (χ2v) is 10.3. The van der Waals surface area contributed by atoms with Crippen molar-refractivity contribution in [2.45, 2.75) is 57.9 Å². The van der Waals surface area contributed by atoms with Gasteiger partial charge >= 0.3 is 0 Å². The molecule has 5 rings (SSSR count). The first-order valence-electron chi connectivity index (χ1n) is 12.1. The fraction of sp³-hybridized carbons (Fsp3) is 0.536. The molecule has 3 aliphatic rings. The summed E-state index contributed by atoms with van der Waals surface area (Å²) < 4.78 is 6.13. The van der Waals surface area contributed by atoms with E-state index in [1.807, 2.05) is 0 Å². The third-order valence-electron chi connectivity index (χ3n) is 8.44. The molecule has 2 aromatic rings. The Kier molecular flexibility index (Phi) is 5.64. The molecule has 4 atom stereocenters. The van der Waals surface area contributed by atoms with Crippen LogP contribution in [0.2, 0.25) is 0 Å². The van der Waals surface area contributed by atoms with Crippen LogP contribution in [0.3, 0.4) is 0 Å². The molecule has 0 radical (unpaired) electrons. The number of aryl methyl sites for hydroxylation is 1. The van der Waals surface area contributed by atoms with Gasteiger partial charge in [-0.1, -0.05) is 43.3 Å². The Labute approximate surface area is 186 Å². The molecule has 3 nitrogen and oxygen atoms in total. The summed E-state index contributed by atoms with van der Waals surface area (Å²) in [5.74, 6) is 3.46. The van der Waals surface area contributed by atoms with E-state index in [9.17, 15) is 4.79 Å². The van der Waals surface area contributed by atoms with E-state index in [1.54, 1.807) is 0 Å². The van der Waals surface area contributed by atoms with Gasteiger partial charge in [0.15, 0.2) is 0 Å². The topological polar surface area (TPSA) is 29.5 Å². The van der Waals surface area contributed by atoms with Crippen molar-refractivity contribution in [3.8, 4) is 5.75 Å². The first-order chi connectivity index (χ1) is 15.0. The number of carbonyl (C=O) groups excluding carboxylic acids is 1. The normalized spacial score (nSPS) is 29.4. The molecule has 2 aromatic carbocycles. The number of Topliss-reactive ketones (excluding diaryl/α,β-unsaturated/α-hetero) is 1. The summed E-state index contributed by atoms with van der Waals surface area (Å²) in [5.41, 5.74) is 4.31. The highest BCUT2D eigenvalue weighted by Crippen LogP contribution is 2.59. The first-order valence-corrected chi connectivity index (χ1v) is 12.1. The molecule has 0 spiro atoms. The minimum absolute atomic E-state index is 0.0342. The second-order valence-electron chi connectivity index (χ2n) is 10.3. The number of hydrogen-bond donors (Lipinski definition) is 0. The summed E-state index contributed by atoms with van der Waals surface area (Å²) in [6, 6.07) is 17.4. The number of carbonyl (C=O) groups is 1. The van der Waals surface area contributed by atoms with Crippen LogP contribution in [-0.4, -0.2) is 30.9 Å². The smallest absolute Gasteiger partial charge is 0.139 e. The van der Waals surface area contributed by atoms with Gasteiger partial charge in [0.1, 0.15) is 18.1 Å². The van der Waals surface area contributed by atoms with Gasteiger partial charge in [0, 0.05) is 24.9 Å². The molecule has 31 heavy (non-hydrogen) atoms. The number of hydrogen-bond acceptors (Lipinski definition) is 3. The molecule has 0 heterocycles. The summed E-state index contributed by atoms with van der Waals surface area (Å²) in [6.45, 7) is 4.81. The highest BCUT2D eigenvalue weighted by atomic mass is 16.5. The summed E-state index contributed by atoms with van der Waals surface area (Å²) in [5, 5.41) is 0. The molecule has 0 amide bonds. The molecule has 3 heteroatoms. The van der Waals surface area contributed by atoms with Crippen LogP contribution >= 0.6 is 0 Å². The van der Waals surface area contributed by atoms with Gasteiger partial charge in [-0.2, -0.15) is 0 Å². The Hall–Kier alpha value is -2.13. The summed E-state index contributed by atoms with van der Waals surface area (Å²) in [7, 11) is 2.15. The average Bonchev–Trinajstić information content (AvgIpc) is 3.08. The number of rotatable bonds is 6. The minimum Gasteiger partial charge on any atom is -0.492 e. The van der Waals surface area contributed by atoms with Crippen LogP contribution in [0.4, 0.5) is 0 Å². The van der Waals surface area contributed by atoms with Crippen molar-refractivity contribution in [2.75, 3.05) is 20.2 Å². The van der Waals surface area contributed by atoms with Crippen LogP contribution in [0, 0.1) is 17.3 Å². The predicted octanol–water partition coefficient (Wildman–Crippen LogP) is 5.62. The number of nitrogens with zero attached hydrogens (tertiary/aromatic N) is 1. The van der Waals surface area contributed by atoms with Gasteiger partial charge in [-0.15, -0.1) is 0 Å². The van der Waals surface area contributed by atoms with Crippen molar-refractivity contribution in [3.63, 3.8) is 0 Å². The molecule has 0 N–H and O–H groups in total. The van der Waals surface area contributed by atoms with E-state index in [4.69, 9.17) is 4.74 Å². The molecule has 164 valence electrons. The van der Waals surface area contributed by atoms with E-state index in [0.29, 0.717) is 30.1 Å². The van der Waals surface area contributed by atoms with E-state index < -0.39 is 0 Å². The van der Waals surface area contributed by atoms with Gasteiger partial charge in [0.25, 0.3) is 0 Å². The lowest BCUT2D eigenvalue weighted by Gasteiger charge is -2.48. The van der Waals surface area contributed by atoms with Crippen LogP contribution in [-0.2, 0) is 17.8 Å². The molecule has 0 bridgehead atoms. The van der Waals surface area contributed by atoms with Crippen molar-refractivity contribution in [3.05, 3.63) is 65.2 Å². The summed E-state index contributed by atoms with van der Waals surface area (Å²) >= 11 is 0. The van der Waals surface area contributed by atoms with E-state index in [1.165, 1.54) is 29.5 Å². The van der Waals surface area contributed by atoms with Crippen LogP contribution in [0.25, 0.3) is 0 Å². The zero-order valence-corrected chi connectivity index (χ0v) is 19.0. The van der Waals surface area contributed by atoms with Crippen molar-refractivity contribution >= 4 is 5.78 Å². The van der Waals surface area contributed by atoms with Crippen molar-refractivity contribution < 1.29 is 9.53 Å². The van der Waals surface area contributed by atoms with Gasteiger partial charge < -0.3 is 4.74 Å². The maximum atomic E-state index is 12.5. The third kappa shape index (κ3) is 3.93. The molecule has 2 saturated carbocycles. The molecule has 0 unspecified atom stereocenters. The Balaban J connectivity index is 1.20. The van der Waals surface area contributed by atoms with Crippen LogP contribution in [0.1, 0.15) is 61.6 Å². The zero-order valence-electron chi connectivity index (χ0n) is 19.0. The minimum atomic E-state index is -0.0342. The third-order valence-corrected chi connectivity index (χ3v) is 8.44. The van der Waals surface area contributed by atoms with Gasteiger partial charge in [-0.25, -0.2) is 0 Å². The van der Waals surface area contributed by atoms with E-state index in [0.717, 1.165) is 44.5 Å². The van der Waals surface area contributed by atoms with Crippen molar-refractivity contribution in [1.82, 2.24) is 4.90 Å². The van der Waals surface area contributed by atoms with E-state index in [2.05, 4.69) is 67.4 Å². The number of benzene rings is 2. The Morgan fingerprint density at radius 2 is 1.90 bits per heavy atom. The Morgan fingerprint density at radius 1 is 1.06 bits per heavy atom. The maximum absolute atomic E-state index is 12.5. The van der Waals surface area contributed by atoms with E-state index >= 15 is 0 Å². The maximum Gasteiger partial charge on any atom is 0.139 e. The molecule has 2 fully saturated rings. The van der Waals surface area contributed by atoms with Crippen LogP contribution in [0.5, 0.6) is 5.75 Å². The molecular weight excluding hydrogens is 382 g/mol. The highest BCUT2D eigenvalue weighted by molar-refractivity contribution is 5.87. The average molecular weight is 418 g/mol. The second kappa shape index (κ2) is 8.43. The number of likely N-dealkylation sites (N-methyl/N-ethyl adjacent to an activating group) is 1. The quantitative estimate of drug-likeness (QED) is 0.611. The SMILES string of the molecule is CN(CCOc1ccc2c(c1)CC[C@@H]1[C@@H]2CC[C@]2(C)C(=O)CC[C@@H]12)Cc1ccccc1. The fourth-order valence-corrected chi connectivity index (χ4v) is 6.71.